The number of rotatable bonds is 4. The minimum Gasteiger partial charge on any atom is -0.439 e. The second-order valence-corrected chi connectivity index (χ2v) is 5.14. The van der Waals surface area contributed by atoms with Gasteiger partial charge in [-0.25, -0.2) is 0 Å². The first kappa shape index (κ1) is 11.0. The SMILES string of the molecule is CCOP(Br)Oc1cccc(C)c1. The highest BCUT2D eigenvalue weighted by Gasteiger charge is 2.05. The van der Waals surface area contributed by atoms with Crippen molar-refractivity contribution in [1.29, 1.82) is 0 Å². The molecule has 0 spiro atoms. The molecule has 1 aromatic rings. The summed E-state index contributed by atoms with van der Waals surface area (Å²) in [7, 11) is -0.957. The Hall–Kier alpha value is -0.110. The maximum absolute atomic E-state index is 5.49. The third-order valence-corrected chi connectivity index (χ3v) is 3.26. The molecule has 0 aliphatic heterocycles. The standard InChI is InChI=1S/C9H12BrO2P/c1-3-11-13(10)12-9-6-4-5-8(2)7-9/h4-7H,3H2,1-2H3. The molecule has 0 aromatic heterocycles. The van der Waals surface area contributed by atoms with Crippen molar-refractivity contribution >= 4 is 22.6 Å². The summed E-state index contributed by atoms with van der Waals surface area (Å²) in [6.45, 7) is 4.63. The van der Waals surface area contributed by atoms with Gasteiger partial charge in [-0.05, 0) is 31.5 Å². The van der Waals surface area contributed by atoms with Crippen molar-refractivity contribution in [2.45, 2.75) is 13.8 Å². The lowest BCUT2D eigenvalue weighted by atomic mass is 10.2. The van der Waals surface area contributed by atoms with Gasteiger partial charge in [0.25, 0.3) is 0 Å². The average Bonchev–Trinajstić information content (AvgIpc) is 2.04. The highest BCUT2D eigenvalue weighted by atomic mass is 79.9. The van der Waals surface area contributed by atoms with Crippen LogP contribution in [-0.2, 0) is 4.52 Å². The number of aryl methyl sites for hydroxylation is 1. The van der Waals surface area contributed by atoms with Gasteiger partial charge in [-0.2, -0.15) is 0 Å². The van der Waals surface area contributed by atoms with Gasteiger partial charge in [-0.3, -0.25) is 0 Å². The Balaban J connectivity index is 2.53. The lowest BCUT2D eigenvalue weighted by molar-refractivity contribution is 0.347. The van der Waals surface area contributed by atoms with E-state index in [-0.39, 0.29) is 0 Å². The van der Waals surface area contributed by atoms with Crippen LogP contribution in [0.25, 0.3) is 0 Å². The van der Waals surface area contributed by atoms with E-state index in [1.807, 2.05) is 38.1 Å². The highest BCUT2D eigenvalue weighted by Crippen LogP contribution is 2.46. The van der Waals surface area contributed by atoms with E-state index in [9.17, 15) is 0 Å². The topological polar surface area (TPSA) is 18.5 Å². The van der Waals surface area contributed by atoms with Crippen LogP contribution in [0, 0.1) is 6.92 Å². The van der Waals surface area contributed by atoms with Gasteiger partial charge in [0.2, 0.25) is 0 Å². The zero-order valence-corrected chi connectivity index (χ0v) is 10.1. The molecule has 1 unspecified atom stereocenters. The molecule has 0 aliphatic rings. The highest BCUT2D eigenvalue weighted by molar-refractivity contribution is 9.38. The van der Waals surface area contributed by atoms with Crippen LogP contribution in [0.15, 0.2) is 24.3 Å². The largest absolute Gasteiger partial charge is 0.439 e. The Kier molecular flexibility index (Phi) is 4.71. The lowest BCUT2D eigenvalue weighted by Crippen LogP contribution is -1.87. The summed E-state index contributed by atoms with van der Waals surface area (Å²) in [6.07, 6.45) is 0. The van der Waals surface area contributed by atoms with Gasteiger partial charge >= 0.3 is 7.08 Å². The van der Waals surface area contributed by atoms with Crippen molar-refractivity contribution in [3.63, 3.8) is 0 Å². The first-order valence-electron chi connectivity index (χ1n) is 4.06. The van der Waals surface area contributed by atoms with Gasteiger partial charge in [0, 0.05) is 15.5 Å². The van der Waals surface area contributed by atoms with Crippen LogP contribution in [0.3, 0.4) is 0 Å². The van der Waals surface area contributed by atoms with E-state index in [2.05, 4.69) is 15.5 Å². The molecule has 2 nitrogen and oxygen atoms in total. The molecule has 0 saturated carbocycles. The Morgan fingerprint density at radius 1 is 1.46 bits per heavy atom. The van der Waals surface area contributed by atoms with Crippen LogP contribution in [-0.4, -0.2) is 6.61 Å². The predicted molar refractivity (Wildman–Crippen MR) is 59.3 cm³/mol. The normalized spacial score (nSPS) is 12.5. The fourth-order valence-electron chi connectivity index (χ4n) is 0.883. The molecule has 4 heteroatoms. The zero-order chi connectivity index (χ0) is 9.68. The smallest absolute Gasteiger partial charge is 0.306 e. The Labute approximate surface area is 87.9 Å². The molecule has 13 heavy (non-hydrogen) atoms. The summed E-state index contributed by atoms with van der Waals surface area (Å²) in [5.74, 6) is 0.844. The molecule has 72 valence electrons. The lowest BCUT2D eigenvalue weighted by Gasteiger charge is -2.10. The molecule has 0 N–H and O–H groups in total. The average molecular weight is 263 g/mol. The molecule has 0 bridgehead atoms. The first-order chi connectivity index (χ1) is 6.22. The van der Waals surface area contributed by atoms with Crippen molar-refractivity contribution in [3.8, 4) is 5.75 Å². The molecule has 0 heterocycles. The van der Waals surface area contributed by atoms with Crippen LogP contribution in [0.5, 0.6) is 5.75 Å². The quantitative estimate of drug-likeness (QED) is 0.763. The van der Waals surface area contributed by atoms with E-state index < -0.39 is 7.08 Å². The molecule has 0 aliphatic carbocycles. The van der Waals surface area contributed by atoms with E-state index in [0.29, 0.717) is 6.61 Å². The third kappa shape index (κ3) is 4.08. The Bertz CT molecular complexity index is 268. The van der Waals surface area contributed by atoms with Gasteiger partial charge in [0.15, 0.2) is 0 Å². The minimum absolute atomic E-state index is 0.656. The van der Waals surface area contributed by atoms with Crippen LogP contribution in [0.2, 0.25) is 0 Å². The molecule has 0 amide bonds. The number of benzene rings is 1. The minimum atomic E-state index is -0.957. The number of halogens is 1. The Morgan fingerprint density at radius 2 is 2.23 bits per heavy atom. The second-order valence-electron chi connectivity index (χ2n) is 2.54. The third-order valence-electron chi connectivity index (χ3n) is 1.40. The van der Waals surface area contributed by atoms with E-state index in [1.54, 1.807) is 0 Å². The van der Waals surface area contributed by atoms with Gasteiger partial charge in [-0.15, -0.1) is 0 Å². The van der Waals surface area contributed by atoms with Crippen molar-refractivity contribution in [2.75, 3.05) is 6.61 Å². The summed E-state index contributed by atoms with van der Waals surface area (Å²) in [4.78, 5) is 0. The summed E-state index contributed by atoms with van der Waals surface area (Å²) in [5.41, 5.74) is 1.19. The van der Waals surface area contributed by atoms with Gasteiger partial charge in [0.05, 0.1) is 6.61 Å². The van der Waals surface area contributed by atoms with Crippen LogP contribution >= 0.6 is 22.6 Å². The molecule has 0 fully saturated rings. The maximum Gasteiger partial charge on any atom is 0.306 e. The fourth-order valence-corrected chi connectivity index (χ4v) is 2.53. The molecular weight excluding hydrogens is 251 g/mol. The fraction of sp³-hybridized carbons (Fsp3) is 0.333. The van der Waals surface area contributed by atoms with Crippen LogP contribution in [0.1, 0.15) is 12.5 Å². The van der Waals surface area contributed by atoms with Gasteiger partial charge < -0.3 is 9.05 Å². The summed E-state index contributed by atoms with van der Waals surface area (Å²) in [6, 6.07) is 7.90. The molecule has 0 radical (unpaired) electrons. The van der Waals surface area contributed by atoms with Crippen molar-refractivity contribution in [3.05, 3.63) is 29.8 Å². The monoisotopic (exact) mass is 262 g/mol. The molecule has 1 atom stereocenters. The number of hydrogen-bond acceptors (Lipinski definition) is 2. The molecule has 1 rings (SSSR count). The van der Waals surface area contributed by atoms with Crippen LogP contribution in [0.4, 0.5) is 0 Å². The second kappa shape index (κ2) is 5.58. The van der Waals surface area contributed by atoms with Crippen molar-refractivity contribution in [2.24, 2.45) is 0 Å². The van der Waals surface area contributed by atoms with Crippen LogP contribution < -0.4 is 4.52 Å². The Morgan fingerprint density at radius 3 is 2.85 bits per heavy atom. The van der Waals surface area contributed by atoms with E-state index in [4.69, 9.17) is 9.05 Å². The van der Waals surface area contributed by atoms with E-state index in [0.717, 1.165) is 5.75 Å². The maximum atomic E-state index is 5.49. The summed E-state index contributed by atoms with van der Waals surface area (Å²) in [5, 5.41) is 0. The molecule has 0 saturated heterocycles. The number of hydrogen-bond donors (Lipinski definition) is 0. The van der Waals surface area contributed by atoms with Crippen molar-refractivity contribution < 1.29 is 9.05 Å². The molecular formula is C9H12BrO2P. The van der Waals surface area contributed by atoms with E-state index >= 15 is 0 Å². The van der Waals surface area contributed by atoms with Gasteiger partial charge in [-0.1, -0.05) is 12.1 Å². The van der Waals surface area contributed by atoms with E-state index in [1.165, 1.54) is 5.56 Å². The van der Waals surface area contributed by atoms with Crippen molar-refractivity contribution in [1.82, 2.24) is 0 Å². The predicted octanol–water partition coefficient (Wildman–Crippen LogP) is 4.03. The molecule has 1 aromatic carbocycles. The zero-order valence-electron chi connectivity index (χ0n) is 7.66. The summed E-state index contributed by atoms with van der Waals surface area (Å²) >= 11 is 3.32. The summed E-state index contributed by atoms with van der Waals surface area (Å²) < 4.78 is 10.7. The first-order valence-corrected chi connectivity index (χ1v) is 7.25. The van der Waals surface area contributed by atoms with Gasteiger partial charge in [0.1, 0.15) is 5.75 Å².